The molecule has 1 heterocycles. The van der Waals surface area contributed by atoms with Crippen molar-refractivity contribution in [3.63, 3.8) is 0 Å². The Morgan fingerprint density at radius 2 is 1.69 bits per heavy atom. The van der Waals surface area contributed by atoms with Gasteiger partial charge in [0.05, 0.1) is 24.3 Å². The van der Waals surface area contributed by atoms with Crippen LogP contribution in [0.4, 0.5) is 11.4 Å². The van der Waals surface area contributed by atoms with Crippen LogP contribution in [-0.2, 0) is 9.59 Å². The summed E-state index contributed by atoms with van der Waals surface area (Å²) in [5.41, 5.74) is 3.04. The van der Waals surface area contributed by atoms with E-state index >= 15 is 0 Å². The molecule has 39 heavy (non-hydrogen) atoms. The summed E-state index contributed by atoms with van der Waals surface area (Å²) in [6, 6.07) is 16.1. The van der Waals surface area contributed by atoms with E-state index in [9.17, 15) is 19.8 Å². The summed E-state index contributed by atoms with van der Waals surface area (Å²) in [4.78, 5) is 30.3. The highest BCUT2D eigenvalue weighted by Gasteiger charge is 2.47. The van der Waals surface area contributed by atoms with Crippen molar-refractivity contribution in [2.75, 3.05) is 30.5 Å². The van der Waals surface area contributed by atoms with Crippen LogP contribution in [0.15, 0.2) is 66.2 Å². The fourth-order valence-electron chi connectivity index (χ4n) is 4.64. The summed E-state index contributed by atoms with van der Waals surface area (Å²) in [6.07, 6.45) is -0.0265. The molecule has 0 aliphatic carbocycles. The first kappa shape index (κ1) is 27.6. The van der Waals surface area contributed by atoms with Gasteiger partial charge in [-0.25, -0.2) is 0 Å². The predicted octanol–water partition coefficient (Wildman–Crippen LogP) is 5.58. The molecule has 0 spiro atoms. The van der Waals surface area contributed by atoms with E-state index in [1.54, 1.807) is 49.4 Å². The molecule has 0 saturated carbocycles. The van der Waals surface area contributed by atoms with E-state index in [1.165, 1.54) is 11.0 Å². The van der Waals surface area contributed by atoms with Gasteiger partial charge in [-0.05, 0) is 93.4 Å². The van der Waals surface area contributed by atoms with Gasteiger partial charge in [0.25, 0.3) is 11.7 Å². The number of aliphatic hydroxyl groups is 1. The van der Waals surface area contributed by atoms with E-state index in [1.807, 2.05) is 51.9 Å². The first-order valence-corrected chi connectivity index (χ1v) is 12.8. The molecular weight excluding hydrogens is 496 g/mol. The normalized spacial score (nSPS) is 16.6. The van der Waals surface area contributed by atoms with Crippen LogP contribution >= 0.6 is 0 Å². The molecule has 4 rings (SSSR count). The standard InChI is InChI=1S/C31H34N2O6/c1-7-38-26-17-20(8-14-24(26)34)28-27(29(35)21-9-15-25(19(4)16-21)39-18(2)3)30(36)31(37)33(28)23-12-10-22(11-13-23)32(5)6/h8-18,28,34-35H,7H2,1-6H3/b29-27-. The molecule has 3 aromatic carbocycles. The molecule has 0 radical (unpaired) electrons. The topological polar surface area (TPSA) is 99.5 Å². The number of amides is 1. The quantitative estimate of drug-likeness (QED) is 0.223. The lowest BCUT2D eigenvalue weighted by Crippen LogP contribution is -2.29. The number of nitrogens with zero attached hydrogens (tertiary/aromatic N) is 2. The minimum Gasteiger partial charge on any atom is -0.507 e. The first-order chi connectivity index (χ1) is 18.5. The Kier molecular flexibility index (Phi) is 7.85. The van der Waals surface area contributed by atoms with Gasteiger partial charge in [0, 0.05) is 31.0 Å². The molecule has 1 aliphatic rings. The lowest BCUT2D eigenvalue weighted by molar-refractivity contribution is -0.132. The highest BCUT2D eigenvalue weighted by molar-refractivity contribution is 6.51. The van der Waals surface area contributed by atoms with Crippen LogP contribution in [0.25, 0.3) is 5.76 Å². The number of ketones is 1. The van der Waals surface area contributed by atoms with Gasteiger partial charge in [0.1, 0.15) is 11.5 Å². The smallest absolute Gasteiger partial charge is 0.300 e. The fourth-order valence-corrected chi connectivity index (χ4v) is 4.64. The van der Waals surface area contributed by atoms with E-state index in [-0.39, 0.29) is 28.9 Å². The number of hydrogen-bond donors (Lipinski definition) is 2. The third-order valence-corrected chi connectivity index (χ3v) is 6.50. The zero-order chi connectivity index (χ0) is 28.4. The van der Waals surface area contributed by atoms with Crippen molar-refractivity contribution in [3.8, 4) is 17.2 Å². The molecule has 3 aromatic rings. The van der Waals surface area contributed by atoms with Gasteiger partial charge in [0.15, 0.2) is 11.5 Å². The summed E-state index contributed by atoms with van der Waals surface area (Å²) in [7, 11) is 3.82. The zero-order valence-corrected chi connectivity index (χ0v) is 23.1. The van der Waals surface area contributed by atoms with Crippen LogP contribution in [0.1, 0.15) is 43.5 Å². The van der Waals surface area contributed by atoms with Crippen LogP contribution in [0.2, 0.25) is 0 Å². The van der Waals surface area contributed by atoms with E-state index in [4.69, 9.17) is 9.47 Å². The molecule has 1 amide bonds. The molecule has 1 aliphatic heterocycles. The minimum atomic E-state index is -0.957. The molecule has 8 nitrogen and oxygen atoms in total. The van der Waals surface area contributed by atoms with Gasteiger partial charge in [-0.2, -0.15) is 0 Å². The second kappa shape index (κ2) is 11.1. The number of hydrogen-bond acceptors (Lipinski definition) is 7. The highest BCUT2D eigenvalue weighted by atomic mass is 16.5. The molecule has 8 heteroatoms. The largest absolute Gasteiger partial charge is 0.507 e. The van der Waals surface area contributed by atoms with Crippen molar-refractivity contribution in [2.45, 2.75) is 39.8 Å². The number of rotatable bonds is 8. The van der Waals surface area contributed by atoms with E-state index in [0.29, 0.717) is 29.2 Å². The van der Waals surface area contributed by atoms with Gasteiger partial charge in [-0.3, -0.25) is 14.5 Å². The number of aromatic hydroxyl groups is 1. The fraction of sp³-hybridized carbons (Fsp3) is 0.290. The van der Waals surface area contributed by atoms with Crippen molar-refractivity contribution in [2.24, 2.45) is 0 Å². The zero-order valence-electron chi connectivity index (χ0n) is 23.1. The number of benzene rings is 3. The van der Waals surface area contributed by atoms with E-state index < -0.39 is 17.7 Å². The summed E-state index contributed by atoms with van der Waals surface area (Å²) in [5, 5.41) is 21.8. The van der Waals surface area contributed by atoms with Gasteiger partial charge >= 0.3 is 0 Å². The number of phenolic OH excluding ortho intramolecular Hbond substituents is 1. The van der Waals surface area contributed by atoms with Crippen LogP contribution in [0.5, 0.6) is 17.2 Å². The van der Waals surface area contributed by atoms with Crippen LogP contribution in [0.3, 0.4) is 0 Å². The average molecular weight is 531 g/mol. The first-order valence-electron chi connectivity index (χ1n) is 12.8. The number of ether oxygens (including phenoxy) is 2. The van der Waals surface area contributed by atoms with Gasteiger partial charge in [0.2, 0.25) is 0 Å². The molecular formula is C31H34N2O6. The van der Waals surface area contributed by atoms with Gasteiger partial charge in [-0.1, -0.05) is 6.07 Å². The van der Waals surface area contributed by atoms with Crippen molar-refractivity contribution in [1.82, 2.24) is 0 Å². The summed E-state index contributed by atoms with van der Waals surface area (Å²) in [5.74, 6) is -1.05. The summed E-state index contributed by atoms with van der Waals surface area (Å²) < 4.78 is 11.4. The lowest BCUT2D eigenvalue weighted by atomic mass is 9.94. The van der Waals surface area contributed by atoms with Crippen LogP contribution in [0, 0.1) is 6.92 Å². The summed E-state index contributed by atoms with van der Waals surface area (Å²) in [6.45, 7) is 7.81. The SMILES string of the molecule is CCOc1cc(C2/C(=C(/O)c3ccc(OC(C)C)c(C)c3)C(=O)C(=O)N2c2ccc(N(C)C)cc2)ccc1O. The minimum absolute atomic E-state index is 0.0265. The maximum Gasteiger partial charge on any atom is 0.300 e. The predicted molar refractivity (Wildman–Crippen MR) is 152 cm³/mol. The number of aryl methyl sites for hydroxylation is 1. The molecule has 204 valence electrons. The molecule has 0 aromatic heterocycles. The maximum atomic E-state index is 13.5. The molecule has 0 bridgehead atoms. The molecule has 1 unspecified atom stereocenters. The van der Waals surface area contributed by atoms with Crippen molar-refractivity contribution < 1.29 is 29.3 Å². The Bertz CT molecular complexity index is 1430. The second-order valence-electron chi connectivity index (χ2n) is 9.89. The van der Waals surface area contributed by atoms with Crippen molar-refractivity contribution in [3.05, 3.63) is 82.9 Å². The van der Waals surface area contributed by atoms with Crippen LogP contribution < -0.4 is 19.3 Å². The van der Waals surface area contributed by atoms with Crippen molar-refractivity contribution in [1.29, 1.82) is 0 Å². The number of phenols is 1. The number of anilines is 2. The Hall–Kier alpha value is -4.46. The Balaban J connectivity index is 1.91. The van der Waals surface area contributed by atoms with Crippen molar-refractivity contribution >= 4 is 28.8 Å². The number of carbonyl (C=O) groups excluding carboxylic acids is 2. The van der Waals surface area contributed by atoms with E-state index in [2.05, 4.69) is 0 Å². The second-order valence-corrected chi connectivity index (χ2v) is 9.89. The van der Waals surface area contributed by atoms with Gasteiger partial charge in [-0.15, -0.1) is 0 Å². The molecule has 2 N–H and O–H groups in total. The average Bonchev–Trinajstić information content (AvgIpc) is 3.16. The number of aliphatic hydroxyl groups excluding tert-OH is 1. The van der Waals surface area contributed by atoms with Gasteiger partial charge < -0.3 is 24.6 Å². The monoisotopic (exact) mass is 530 g/mol. The number of Topliss-reactive ketones (excluding diaryl/α,β-unsaturated/α-hetero) is 1. The molecule has 1 fully saturated rings. The lowest BCUT2D eigenvalue weighted by Gasteiger charge is -2.26. The molecule has 1 saturated heterocycles. The van der Waals surface area contributed by atoms with E-state index in [0.717, 1.165) is 11.3 Å². The Morgan fingerprint density at radius 3 is 2.28 bits per heavy atom. The number of carbonyl (C=O) groups is 2. The maximum absolute atomic E-state index is 13.5. The summed E-state index contributed by atoms with van der Waals surface area (Å²) >= 11 is 0. The Labute approximate surface area is 228 Å². The third kappa shape index (κ3) is 5.41. The highest BCUT2D eigenvalue weighted by Crippen LogP contribution is 2.44. The van der Waals surface area contributed by atoms with Crippen LogP contribution in [-0.4, -0.2) is 48.7 Å². The third-order valence-electron chi connectivity index (χ3n) is 6.50. The molecule has 1 atom stereocenters. The Morgan fingerprint density at radius 1 is 1.00 bits per heavy atom.